The Labute approximate surface area is 76.4 Å². The van der Waals surface area contributed by atoms with E-state index in [1.807, 2.05) is 11.8 Å². The molecule has 1 heterocycles. The van der Waals surface area contributed by atoms with Gasteiger partial charge in [-0.3, -0.25) is 0 Å². The van der Waals surface area contributed by atoms with Crippen LogP contribution < -0.4 is 0 Å². The molecule has 0 bridgehead atoms. The molecule has 0 N–H and O–H groups in total. The maximum absolute atomic E-state index is 8.59. The molecule has 2 heteroatoms. The maximum Gasteiger partial charge on any atom is 0.0670 e. The first kappa shape index (κ1) is 7.70. The lowest BCUT2D eigenvalue weighted by molar-refractivity contribution is 1.09. The van der Waals surface area contributed by atoms with Gasteiger partial charge in [-0.25, -0.2) is 0 Å². The maximum atomic E-state index is 8.59. The van der Waals surface area contributed by atoms with Crippen LogP contribution in [0.3, 0.4) is 0 Å². The second kappa shape index (κ2) is 3.20. The van der Waals surface area contributed by atoms with E-state index in [0.717, 1.165) is 0 Å². The quantitative estimate of drug-likeness (QED) is 0.654. The molecule has 0 saturated heterocycles. The molecule has 1 aliphatic rings. The minimum atomic E-state index is 0.552. The summed E-state index contributed by atoms with van der Waals surface area (Å²) in [6.07, 6.45) is 1.72. The van der Waals surface area contributed by atoms with E-state index in [0.29, 0.717) is 6.42 Å². The molecular formula is C10H9NS. The molecule has 1 aromatic rings. The highest BCUT2D eigenvalue weighted by Gasteiger charge is 2.13. The Morgan fingerprint density at radius 1 is 1.50 bits per heavy atom. The van der Waals surface area contributed by atoms with Crippen LogP contribution in [-0.4, -0.2) is 5.75 Å². The summed E-state index contributed by atoms with van der Waals surface area (Å²) in [5, 5.41) is 8.59. The number of hydrogen-bond donors (Lipinski definition) is 0. The molecular weight excluding hydrogens is 166 g/mol. The van der Waals surface area contributed by atoms with Crippen LogP contribution in [0.2, 0.25) is 0 Å². The van der Waals surface area contributed by atoms with Gasteiger partial charge in [0.15, 0.2) is 0 Å². The van der Waals surface area contributed by atoms with Gasteiger partial charge in [-0.2, -0.15) is 5.26 Å². The summed E-state index contributed by atoms with van der Waals surface area (Å²) in [6.45, 7) is 0. The van der Waals surface area contributed by atoms with E-state index < -0.39 is 0 Å². The molecule has 0 aromatic heterocycles. The van der Waals surface area contributed by atoms with Crippen molar-refractivity contribution in [3.05, 3.63) is 29.3 Å². The molecule has 2 rings (SSSR count). The van der Waals surface area contributed by atoms with Gasteiger partial charge in [0.1, 0.15) is 0 Å². The van der Waals surface area contributed by atoms with Crippen LogP contribution in [0.15, 0.2) is 23.1 Å². The summed E-state index contributed by atoms with van der Waals surface area (Å²) in [7, 11) is 0. The Bertz CT molecular complexity index is 338. The Hall–Kier alpha value is -0.940. The van der Waals surface area contributed by atoms with E-state index in [9.17, 15) is 0 Å². The minimum absolute atomic E-state index is 0.552. The highest BCUT2D eigenvalue weighted by Crippen LogP contribution is 2.34. The average Bonchev–Trinajstić information content (AvgIpc) is 2.53. The Morgan fingerprint density at radius 3 is 3.25 bits per heavy atom. The number of hydrogen-bond acceptors (Lipinski definition) is 2. The van der Waals surface area contributed by atoms with Gasteiger partial charge in [-0.05, 0) is 17.5 Å². The van der Waals surface area contributed by atoms with Crippen LogP contribution in [0.1, 0.15) is 11.1 Å². The third-order valence-electron chi connectivity index (χ3n) is 2.07. The predicted octanol–water partition coefficient (Wildman–Crippen LogP) is 2.40. The fourth-order valence-corrected chi connectivity index (χ4v) is 2.71. The molecule has 0 aliphatic carbocycles. The van der Waals surface area contributed by atoms with Gasteiger partial charge in [0.25, 0.3) is 0 Å². The monoisotopic (exact) mass is 175 g/mol. The highest BCUT2D eigenvalue weighted by molar-refractivity contribution is 7.99. The number of thioether (sulfide) groups is 1. The number of nitriles is 1. The van der Waals surface area contributed by atoms with E-state index in [2.05, 4.69) is 24.3 Å². The smallest absolute Gasteiger partial charge is 0.0670 e. The molecule has 0 amide bonds. The van der Waals surface area contributed by atoms with Crippen molar-refractivity contribution in [3.63, 3.8) is 0 Å². The molecule has 0 saturated carbocycles. The van der Waals surface area contributed by atoms with Crippen molar-refractivity contribution in [2.24, 2.45) is 0 Å². The predicted molar refractivity (Wildman–Crippen MR) is 50.2 cm³/mol. The van der Waals surface area contributed by atoms with E-state index in [4.69, 9.17) is 5.26 Å². The second-order valence-electron chi connectivity index (χ2n) is 2.84. The molecule has 12 heavy (non-hydrogen) atoms. The van der Waals surface area contributed by atoms with Crippen LogP contribution >= 0.6 is 11.8 Å². The zero-order valence-corrected chi connectivity index (χ0v) is 7.53. The molecule has 1 aliphatic heterocycles. The molecule has 0 unspecified atom stereocenters. The number of nitrogens with zero attached hydrogens (tertiary/aromatic N) is 1. The van der Waals surface area contributed by atoms with Crippen molar-refractivity contribution in [2.45, 2.75) is 17.7 Å². The lowest BCUT2D eigenvalue weighted by Crippen LogP contribution is -1.87. The van der Waals surface area contributed by atoms with Crippen LogP contribution in [-0.2, 0) is 12.8 Å². The van der Waals surface area contributed by atoms with Crippen molar-refractivity contribution < 1.29 is 0 Å². The minimum Gasteiger partial charge on any atom is -0.198 e. The van der Waals surface area contributed by atoms with E-state index >= 15 is 0 Å². The van der Waals surface area contributed by atoms with Crippen LogP contribution in [0.5, 0.6) is 0 Å². The topological polar surface area (TPSA) is 23.8 Å². The van der Waals surface area contributed by atoms with Crippen LogP contribution in [0.25, 0.3) is 0 Å². The summed E-state index contributed by atoms with van der Waals surface area (Å²) >= 11 is 1.88. The second-order valence-corrected chi connectivity index (χ2v) is 3.94. The average molecular weight is 175 g/mol. The van der Waals surface area contributed by atoms with Crippen molar-refractivity contribution in [1.82, 2.24) is 0 Å². The SMILES string of the molecule is N#CCc1cccc2c1SCC2. The number of aryl methyl sites for hydroxylation is 1. The molecule has 1 nitrogen and oxygen atoms in total. The number of rotatable bonds is 1. The van der Waals surface area contributed by atoms with E-state index in [-0.39, 0.29) is 0 Å². The van der Waals surface area contributed by atoms with Gasteiger partial charge in [0.05, 0.1) is 12.5 Å². The van der Waals surface area contributed by atoms with Crippen LogP contribution in [0, 0.1) is 11.3 Å². The first-order chi connectivity index (χ1) is 5.92. The molecule has 0 radical (unpaired) electrons. The van der Waals surface area contributed by atoms with E-state index in [1.54, 1.807) is 0 Å². The summed E-state index contributed by atoms with van der Waals surface area (Å²) < 4.78 is 0. The largest absolute Gasteiger partial charge is 0.198 e. The molecule has 0 fully saturated rings. The van der Waals surface area contributed by atoms with Gasteiger partial charge < -0.3 is 0 Å². The Kier molecular flexibility index (Phi) is 2.05. The van der Waals surface area contributed by atoms with E-state index in [1.165, 1.54) is 28.2 Å². The lowest BCUT2D eigenvalue weighted by atomic mass is 10.1. The van der Waals surface area contributed by atoms with Crippen molar-refractivity contribution >= 4 is 11.8 Å². The zero-order chi connectivity index (χ0) is 8.39. The third-order valence-corrected chi connectivity index (χ3v) is 3.29. The first-order valence-corrected chi connectivity index (χ1v) is 5.01. The summed E-state index contributed by atoms with van der Waals surface area (Å²) in [6, 6.07) is 8.47. The number of fused-ring (bicyclic) bond motifs is 1. The summed E-state index contributed by atoms with van der Waals surface area (Å²) in [4.78, 5) is 1.36. The van der Waals surface area contributed by atoms with Gasteiger partial charge in [-0.1, -0.05) is 18.2 Å². The highest BCUT2D eigenvalue weighted by atomic mass is 32.2. The van der Waals surface area contributed by atoms with Gasteiger partial charge >= 0.3 is 0 Å². The number of benzene rings is 1. The first-order valence-electron chi connectivity index (χ1n) is 4.02. The fourth-order valence-electron chi connectivity index (χ4n) is 1.51. The van der Waals surface area contributed by atoms with Crippen molar-refractivity contribution in [3.8, 4) is 6.07 Å². The Morgan fingerprint density at radius 2 is 2.42 bits per heavy atom. The molecule has 0 spiro atoms. The summed E-state index contributed by atoms with van der Waals surface area (Å²) in [5.74, 6) is 1.18. The summed E-state index contributed by atoms with van der Waals surface area (Å²) in [5.41, 5.74) is 2.63. The van der Waals surface area contributed by atoms with Crippen LogP contribution in [0.4, 0.5) is 0 Å². The lowest BCUT2D eigenvalue weighted by Gasteiger charge is -2.02. The zero-order valence-electron chi connectivity index (χ0n) is 6.71. The van der Waals surface area contributed by atoms with Crippen molar-refractivity contribution in [2.75, 3.05) is 5.75 Å². The third kappa shape index (κ3) is 1.21. The molecule has 1 aromatic carbocycles. The van der Waals surface area contributed by atoms with Gasteiger partial charge in [0, 0.05) is 10.6 Å². The normalized spacial score (nSPS) is 13.9. The fraction of sp³-hybridized carbons (Fsp3) is 0.300. The standard InChI is InChI=1S/C10H9NS/c11-6-4-8-2-1-3-9-5-7-12-10(8)9/h1-3H,4-5,7H2. The Balaban J connectivity index is 2.44. The molecule has 60 valence electrons. The molecule has 0 atom stereocenters. The van der Waals surface area contributed by atoms with Gasteiger partial charge in [0.2, 0.25) is 0 Å². The van der Waals surface area contributed by atoms with Gasteiger partial charge in [-0.15, -0.1) is 11.8 Å². The van der Waals surface area contributed by atoms with Crippen molar-refractivity contribution in [1.29, 1.82) is 5.26 Å².